The van der Waals surface area contributed by atoms with E-state index in [9.17, 15) is 4.79 Å². The highest BCUT2D eigenvalue weighted by Gasteiger charge is 2.27. The van der Waals surface area contributed by atoms with Gasteiger partial charge < -0.3 is 20.0 Å². The molecule has 8 heteroatoms. The zero-order chi connectivity index (χ0) is 18.4. The maximum atomic E-state index is 12.9. The largest absolute Gasteiger partial charge is 0.350 e. The molecule has 0 bridgehead atoms. The number of benzene rings is 1. The molecule has 5 rings (SSSR count). The van der Waals surface area contributed by atoms with Crippen LogP contribution in [0.25, 0.3) is 5.82 Å². The fraction of sp³-hybridized carbons (Fsp3) is 0.421. The average molecular weight is 382 g/mol. The van der Waals surface area contributed by atoms with Crippen molar-refractivity contribution >= 4 is 28.8 Å². The summed E-state index contributed by atoms with van der Waals surface area (Å²) in [6.45, 7) is 4.76. The van der Waals surface area contributed by atoms with E-state index in [1.54, 1.807) is 0 Å². The molecule has 1 N–H and O–H groups in total. The Labute approximate surface area is 161 Å². The van der Waals surface area contributed by atoms with Crippen molar-refractivity contribution in [1.82, 2.24) is 20.1 Å². The van der Waals surface area contributed by atoms with Gasteiger partial charge in [-0.05, 0) is 25.1 Å². The van der Waals surface area contributed by atoms with Gasteiger partial charge in [-0.2, -0.15) is 0 Å². The first-order chi connectivity index (χ1) is 13.2. The van der Waals surface area contributed by atoms with E-state index < -0.39 is 0 Å². The van der Waals surface area contributed by atoms with Gasteiger partial charge in [-0.1, -0.05) is 29.5 Å². The van der Waals surface area contributed by atoms with Crippen molar-refractivity contribution < 1.29 is 4.79 Å². The van der Waals surface area contributed by atoms with E-state index in [2.05, 4.69) is 51.4 Å². The summed E-state index contributed by atoms with van der Waals surface area (Å²) in [5.74, 6) is 0.998. The van der Waals surface area contributed by atoms with Gasteiger partial charge in [-0.25, -0.2) is 4.98 Å². The number of nitrogens with zero attached hydrogens (tertiary/aromatic N) is 5. The van der Waals surface area contributed by atoms with Crippen LogP contribution in [-0.4, -0.2) is 67.1 Å². The van der Waals surface area contributed by atoms with E-state index in [-0.39, 0.29) is 5.91 Å². The van der Waals surface area contributed by atoms with E-state index in [0.717, 1.165) is 55.0 Å². The van der Waals surface area contributed by atoms with Crippen LogP contribution in [0.1, 0.15) is 15.4 Å². The summed E-state index contributed by atoms with van der Waals surface area (Å²) in [5, 5.41) is 4.73. The number of para-hydroxylation sites is 1. The van der Waals surface area contributed by atoms with Crippen LogP contribution in [-0.2, 0) is 6.42 Å². The Balaban J connectivity index is 1.52. The molecule has 0 aliphatic carbocycles. The van der Waals surface area contributed by atoms with Gasteiger partial charge in [-0.3, -0.25) is 9.79 Å². The molecule has 1 amide bonds. The van der Waals surface area contributed by atoms with Gasteiger partial charge in [0.05, 0.1) is 0 Å². The van der Waals surface area contributed by atoms with Gasteiger partial charge in [0, 0.05) is 38.4 Å². The number of hydrogen-bond donors (Lipinski definition) is 1. The number of anilines is 1. The summed E-state index contributed by atoms with van der Waals surface area (Å²) in [5.41, 5.74) is 2.56. The molecule has 0 atom stereocenters. The van der Waals surface area contributed by atoms with Crippen LogP contribution in [0.15, 0.2) is 29.3 Å². The van der Waals surface area contributed by atoms with Crippen LogP contribution >= 0.6 is 11.3 Å². The van der Waals surface area contributed by atoms with Crippen molar-refractivity contribution in [1.29, 1.82) is 0 Å². The fourth-order valence-electron chi connectivity index (χ4n) is 3.87. The maximum Gasteiger partial charge on any atom is 0.283 e. The summed E-state index contributed by atoms with van der Waals surface area (Å²) in [4.78, 5) is 28.6. The van der Waals surface area contributed by atoms with Gasteiger partial charge in [0.2, 0.25) is 0 Å². The zero-order valence-corrected chi connectivity index (χ0v) is 16.1. The Morgan fingerprint density at radius 1 is 1.15 bits per heavy atom. The molecule has 4 heterocycles. The van der Waals surface area contributed by atoms with Gasteiger partial charge >= 0.3 is 0 Å². The van der Waals surface area contributed by atoms with Crippen LogP contribution in [0.5, 0.6) is 0 Å². The van der Waals surface area contributed by atoms with E-state index >= 15 is 0 Å². The quantitative estimate of drug-likeness (QED) is 0.782. The zero-order valence-electron chi connectivity index (χ0n) is 15.3. The SMILES string of the molecule is CN1CCN(C(=O)c2nc3c(s2)=NCNC=3N2CCc3ccccc32)CC1. The number of carbonyl (C=O) groups is 1. The molecule has 1 fully saturated rings. The molecule has 0 unspecified atom stereocenters. The molecular weight excluding hydrogens is 360 g/mol. The van der Waals surface area contributed by atoms with Crippen LogP contribution in [0, 0.1) is 0 Å². The summed E-state index contributed by atoms with van der Waals surface area (Å²) in [6, 6.07) is 8.46. The molecule has 0 saturated carbocycles. The number of fused-ring (bicyclic) bond motifs is 2. The van der Waals surface area contributed by atoms with Gasteiger partial charge in [0.15, 0.2) is 5.01 Å². The molecule has 1 aromatic heterocycles. The summed E-state index contributed by atoms with van der Waals surface area (Å²) in [6.07, 6.45) is 1.02. The van der Waals surface area contributed by atoms with E-state index in [4.69, 9.17) is 4.98 Å². The number of carbonyl (C=O) groups excluding carboxylic acids is 1. The molecule has 3 aliphatic heterocycles. The predicted molar refractivity (Wildman–Crippen MR) is 105 cm³/mol. The number of piperazine rings is 1. The lowest BCUT2D eigenvalue weighted by Crippen LogP contribution is -2.47. The molecule has 1 saturated heterocycles. The second-order valence-electron chi connectivity index (χ2n) is 7.14. The Morgan fingerprint density at radius 3 is 2.81 bits per heavy atom. The molecule has 2 aromatic rings. The minimum Gasteiger partial charge on any atom is -0.350 e. The molecule has 27 heavy (non-hydrogen) atoms. The van der Waals surface area contributed by atoms with Crippen LogP contribution in [0.3, 0.4) is 0 Å². The molecule has 0 radical (unpaired) electrons. The highest BCUT2D eigenvalue weighted by atomic mass is 32.1. The third kappa shape index (κ3) is 2.89. The molecule has 7 nitrogen and oxygen atoms in total. The molecule has 3 aliphatic rings. The van der Waals surface area contributed by atoms with Crippen LogP contribution in [0.2, 0.25) is 0 Å². The molecule has 0 spiro atoms. The Hall–Kier alpha value is -2.45. The summed E-state index contributed by atoms with van der Waals surface area (Å²) < 4.78 is 0.852. The normalized spacial score (nSPS) is 19.4. The van der Waals surface area contributed by atoms with Crippen molar-refractivity contribution in [2.45, 2.75) is 6.42 Å². The number of aromatic nitrogens is 1. The van der Waals surface area contributed by atoms with Gasteiger partial charge in [0.1, 0.15) is 22.5 Å². The van der Waals surface area contributed by atoms with Crippen LogP contribution < -0.4 is 20.2 Å². The predicted octanol–water partition coefficient (Wildman–Crippen LogP) is -0.161. The topological polar surface area (TPSA) is 64.1 Å². The monoisotopic (exact) mass is 382 g/mol. The Morgan fingerprint density at radius 2 is 1.96 bits per heavy atom. The smallest absolute Gasteiger partial charge is 0.283 e. The lowest BCUT2D eigenvalue weighted by Gasteiger charge is -2.31. The highest BCUT2D eigenvalue weighted by molar-refractivity contribution is 7.11. The van der Waals surface area contributed by atoms with Crippen molar-refractivity contribution in [3.8, 4) is 0 Å². The Bertz CT molecular complexity index is 1010. The average Bonchev–Trinajstić information content (AvgIpc) is 3.32. The van der Waals surface area contributed by atoms with E-state index in [0.29, 0.717) is 11.7 Å². The van der Waals surface area contributed by atoms with Crippen molar-refractivity contribution in [2.24, 2.45) is 4.99 Å². The molecule has 140 valence electrons. The number of nitrogens with one attached hydrogen (secondary N) is 1. The van der Waals surface area contributed by atoms with Crippen molar-refractivity contribution in [2.75, 3.05) is 51.3 Å². The first-order valence-corrected chi connectivity index (χ1v) is 10.1. The van der Waals surface area contributed by atoms with Gasteiger partial charge in [-0.15, -0.1) is 0 Å². The van der Waals surface area contributed by atoms with Gasteiger partial charge in [0.25, 0.3) is 5.91 Å². The number of likely N-dealkylation sites (N-methyl/N-ethyl adjacent to an activating group) is 1. The third-order valence-electron chi connectivity index (χ3n) is 5.43. The summed E-state index contributed by atoms with van der Waals surface area (Å²) >= 11 is 1.41. The number of hydrogen-bond acceptors (Lipinski definition) is 7. The molecule has 1 aromatic carbocycles. The Kier molecular flexibility index (Phi) is 4.09. The number of amides is 1. The molecular formula is C19H22N6OS. The van der Waals surface area contributed by atoms with Crippen molar-refractivity contribution in [3.63, 3.8) is 0 Å². The second-order valence-corrected chi connectivity index (χ2v) is 8.12. The first-order valence-electron chi connectivity index (χ1n) is 9.33. The van der Waals surface area contributed by atoms with Crippen LogP contribution in [0.4, 0.5) is 5.69 Å². The first kappa shape index (κ1) is 16.7. The highest BCUT2D eigenvalue weighted by Crippen LogP contribution is 2.30. The van der Waals surface area contributed by atoms with E-state index in [1.165, 1.54) is 22.6 Å². The standard InChI is InChI=1S/C19H22N6OS/c1-23-8-10-24(11-9-23)19(26)18-22-15-16(20-12-21-17(15)27-18)25-7-6-13-4-2-3-5-14(13)25/h2-5,20H,6-12H2,1H3. The summed E-state index contributed by atoms with van der Waals surface area (Å²) in [7, 11) is 2.09. The minimum atomic E-state index is 0.0267. The van der Waals surface area contributed by atoms with E-state index in [1.807, 2.05) is 4.90 Å². The van der Waals surface area contributed by atoms with Crippen molar-refractivity contribution in [3.05, 3.63) is 44.9 Å². The maximum absolute atomic E-state index is 12.9. The number of thiazole rings is 1. The lowest BCUT2D eigenvalue weighted by molar-refractivity contribution is 0.0663. The minimum absolute atomic E-state index is 0.0267. The second kappa shape index (κ2) is 6.61. The number of rotatable bonds is 2. The third-order valence-corrected chi connectivity index (χ3v) is 6.41. The fourth-order valence-corrected chi connectivity index (χ4v) is 4.78. The lowest BCUT2D eigenvalue weighted by atomic mass is 10.2.